The van der Waals surface area contributed by atoms with E-state index in [2.05, 4.69) is 26.7 Å². The van der Waals surface area contributed by atoms with Crippen LogP contribution >= 0.6 is 0 Å². The first-order valence-electron chi connectivity index (χ1n) is 18.8. The topological polar surface area (TPSA) is 139 Å². The van der Waals surface area contributed by atoms with E-state index in [1.165, 1.54) is 37.9 Å². The number of nitrogens with zero attached hydrogens (tertiary/aromatic N) is 4. The van der Waals surface area contributed by atoms with Crippen molar-refractivity contribution in [2.75, 3.05) is 85.6 Å². The van der Waals surface area contributed by atoms with Gasteiger partial charge in [0.05, 0.1) is 59.5 Å². The van der Waals surface area contributed by atoms with Crippen molar-refractivity contribution in [3.05, 3.63) is 59.9 Å². The Bertz CT molecular complexity index is 1640. The standard InChI is InChI=1S/C40H56N4O8/c1-2-3-4-5-6-7-20-52-36-13-15-42-38-34(36)11-9-32(40(38)47)30-44-18-23-50-27-25-48-21-16-43(17-22-49-26-28-51-24-19-44)29-31-8-10-33-35(45)12-14-41-37(33)39(31)46/h8-15,46-47H,2-7,16-30H2,1H3,(H,41,45). The van der Waals surface area contributed by atoms with E-state index >= 15 is 0 Å². The maximum atomic E-state index is 11.3. The van der Waals surface area contributed by atoms with E-state index in [0.29, 0.717) is 115 Å². The molecule has 0 amide bonds. The van der Waals surface area contributed by atoms with Crippen molar-refractivity contribution in [3.8, 4) is 23.0 Å². The van der Waals surface area contributed by atoms with E-state index in [-0.39, 0.29) is 17.2 Å². The van der Waals surface area contributed by atoms with Crippen LogP contribution in [-0.4, -0.2) is 121 Å². The van der Waals surface area contributed by atoms with Crippen LogP contribution in [0.15, 0.2) is 48.8 Å². The number of phenols is 2. The third-order valence-corrected chi connectivity index (χ3v) is 9.37. The van der Waals surface area contributed by atoms with E-state index in [4.69, 9.17) is 23.7 Å². The van der Waals surface area contributed by atoms with Gasteiger partial charge in [-0.3, -0.25) is 19.8 Å². The summed E-state index contributed by atoms with van der Waals surface area (Å²) in [6, 6.07) is 10.9. The van der Waals surface area contributed by atoms with Crippen LogP contribution in [0.2, 0.25) is 0 Å². The Kier molecular flexibility index (Phi) is 16.4. The van der Waals surface area contributed by atoms with Crippen molar-refractivity contribution in [1.29, 1.82) is 0 Å². The zero-order chi connectivity index (χ0) is 36.4. The molecule has 2 aromatic carbocycles. The summed E-state index contributed by atoms with van der Waals surface area (Å²) in [7, 11) is 0. The molecule has 0 unspecified atom stereocenters. The molecule has 12 heteroatoms. The van der Waals surface area contributed by atoms with Gasteiger partial charge in [0.15, 0.2) is 0 Å². The minimum Gasteiger partial charge on any atom is -0.507 e. The van der Waals surface area contributed by atoms with Crippen molar-refractivity contribution in [3.63, 3.8) is 0 Å². The average molecular weight is 721 g/mol. The van der Waals surface area contributed by atoms with Crippen LogP contribution in [0.5, 0.6) is 23.0 Å². The predicted octanol–water partition coefficient (Wildman–Crippen LogP) is 6.02. The van der Waals surface area contributed by atoms with Crippen molar-refractivity contribution < 1.29 is 39.0 Å². The Balaban J connectivity index is 1.11. The molecular formula is C40H56N4O8. The molecule has 1 saturated heterocycles. The van der Waals surface area contributed by atoms with Gasteiger partial charge in [0.25, 0.3) is 0 Å². The summed E-state index contributed by atoms with van der Waals surface area (Å²) in [5.41, 5.74) is 2.43. The summed E-state index contributed by atoms with van der Waals surface area (Å²) in [5.74, 6) is 1.07. The smallest absolute Gasteiger partial charge is 0.146 e. The fourth-order valence-corrected chi connectivity index (χ4v) is 6.34. The summed E-state index contributed by atoms with van der Waals surface area (Å²) in [4.78, 5) is 13.1. The van der Waals surface area contributed by atoms with Crippen molar-refractivity contribution in [1.82, 2.24) is 19.8 Å². The van der Waals surface area contributed by atoms with Gasteiger partial charge in [-0.25, -0.2) is 0 Å². The number of aromatic hydroxyl groups is 3. The lowest BCUT2D eigenvalue weighted by Crippen LogP contribution is -2.32. The SMILES string of the molecule is CCCCCCCCOc1ccnc2c(O)c(CN3CCOCCOCCN(Cc4ccc5c(O)ccnc5c4O)CCOCCOCC3)ccc12. The predicted molar refractivity (Wildman–Crippen MR) is 201 cm³/mol. The van der Waals surface area contributed by atoms with Gasteiger partial charge in [0.1, 0.15) is 34.0 Å². The molecule has 4 aromatic rings. The second-order valence-corrected chi connectivity index (χ2v) is 13.2. The van der Waals surface area contributed by atoms with E-state index in [0.717, 1.165) is 35.1 Å². The first-order chi connectivity index (χ1) is 25.5. The van der Waals surface area contributed by atoms with Gasteiger partial charge >= 0.3 is 0 Å². The summed E-state index contributed by atoms with van der Waals surface area (Å²) in [6.45, 7) is 10.3. The molecule has 3 heterocycles. The highest BCUT2D eigenvalue weighted by atomic mass is 16.5. The Morgan fingerprint density at radius 2 is 1.06 bits per heavy atom. The molecule has 0 saturated carbocycles. The highest BCUT2D eigenvalue weighted by Crippen LogP contribution is 2.34. The molecule has 0 radical (unpaired) electrons. The molecule has 1 aliphatic heterocycles. The van der Waals surface area contributed by atoms with Gasteiger partial charge in [-0.1, -0.05) is 51.2 Å². The summed E-state index contributed by atoms with van der Waals surface area (Å²) < 4.78 is 29.8. The molecule has 284 valence electrons. The zero-order valence-electron chi connectivity index (χ0n) is 30.6. The molecule has 0 spiro atoms. The second kappa shape index (κ2) is 21.7. The number of aromatic nitrogens is 2. The molecule has 52 heavy (non-hydrogen) atoms. The van der Waals surface area contributed by atoms with Crippen LogP contribution in [0, 0.1) is 0 Å². The lowest BCUT2D eigenvalue weighted by atomic mass is 10.1. The fourth-order valence-electron chi connectivity index (χ4n) is 6.34. The monoisotopic (exact) mass is 720 g/mol. The first kappa shape index (κ1) is 39.4. The number of hydrogen-bond donors (Lipinski definition) is 3. The lowest BCUT2D eigenvalue weighted by molar-refractivity contribution is 0.00612. The van der Waals surface area contributed by atoms with Crippen LogP contribution in [0.4, 0.5) is 0 Å². The van der Waals surface area contributed by atoms with Gasteiger partial charge in [-0.2, -0.15) is 0 Å². The molecule has 5 rings (SSSR count). The number of unbranched alkanes of at least 4 members (excludes halogenated alkanes) is 5. The van der Waals surface area contributed by atoms with Gasteiger partial charge in [0.2, 0.25) is 0 Å². The number of hydrogen-bond acceptors (Lipinski definition) is 12. The molecule has 0 aliphatic carbocycles. The Morgan fingerprint density at radius 1 is 0.577 bits per heavy atom. The highest BCUT2D eigenvalue weighted by molar-refractivity contribution is 5.91. The van der Waals surface area contributed by atoms with Crippen molar-refractivity contribution in [2.24, 2.45) is 0 Å². The van der Waals surface area contributed by atoms with Crippen LogP contribution in [0.25, 0.3) is 21.8 Å². The summed E-state index contributed by atoms with van der Waals surface area (Å²) in [5, 5.41) is 33.6. The zero-order valence-corrected chi connectivity index (χ0v) is 30.6. The normalized spacial score (nSPS) is 16.9. The number of benzene rings is 2. The van der Waals surface area contributed by atoms with Crippen LogP contribution < -0.4 is 4.74 Å². The molecular weight excluding hydrogens is 664 g/mol. The van der Waals surface area contributed by atoms with Crippen LogP contribution in [0.3, 0.4) is 0 Å². The summed E-state index contributed by atoms with van der Waals surface area (Å²) in [6.07, 6.45) is 10.4. The lowest BCUT2D eigenvalue weighted by Gasteiger charge is -2.24. The highest BCUT2D eigenvalue weighted by Gasteiger charge is 2.17. The van der Waals surface area contributed by atoms with Gasteiger partial charge in [-0.05, 0) is 30.7 Å². The number of rotatable bonds is 12. The first-order valence-corrected chi connectivity index (χ1v) is 18.8. The summed E-state index contributed by atoms with van der Waals surface area (Å²) >= 11 is 0. The molecule has 1 fully saturated rings. The van der Waals surface area contributed by atoms with Gasteiger partial charge < -0.3 is 39.0 Å². The second-order valence-electron chi connectivity index (χ2n) is 13.2. The van der Waals surface area contributed by atoms with E-state index in [1.54, 1.807) is 12.3 Å². The largest absolute Gasteiger partial charge is 0.507 e. The van der Waals surface area contributed by atoms with Crippen molar-refractivity contribution in [2.45, 2.75) is 58.5 Å². The quantitative estimate of drug-likeness (QED) is 0.148. The van der Waals surface area contributed by atoms with Crippen LogP contribution in [0.1, 0.15) is 56.6 Å². The third kappa shape index (κ3) is 11.9. The number of fused-ring (bicyclic) bond motifs is 2. The molecule has 1 aliphatic rings. The minimum absolute atomic E-state index is 0.0656. The Labute approximate surface area is 307 Å². The van der Waals surface area contributed by atoms with Gasteiger partial charge in [-0.15, -0.1) is 0 Å². The minimum atomic E-state index is 0.0656. The Hall–Kier alpha value is -3.78. The third-order valence-electron chi connectivity index (χ3n) is 9.37. The van der Waals surface area contributed by atoms with Crippen molar-refractivity contribution >= 4 is 21.8 Å². The van der Waals surface area contributed by atoms with E-state index < -0.39 is 0 Å². The van der Waals surface area contributed by atoms with E-state index in [9.17, 15) is 15.3 Å². The average Bonchev–Trinajstić information content (AvgIpc) is 3.15. The Morgan fingerprint density at radius 3 is 1.62 bits per heavy atom. The molecule has 0 atom stereocenters. The molecule has 2 aromatic heterocycles. The number of ether oxygens (including phenoxy) is 5. The maximum Gasteiger partial charge on any atom is 0.146 e. The fraction of sp³-hybridized carbons (Fsp3) is 0.550. The van der Waals surface area contributed by atoms with Crippen LogP contribution in [-0.2, 0) is 32.0 Å². The number of pyridine rings is 2. The van der Waals surface area contributed by atoms with Gasteiger partial charge in [0, 0.05) is 73.6 Å². The number of phenolic OH excluding ortho intramolecular Hbond substituents is 2. The molecule has 0 bridgehead atoms. The van der Waals surface area contributed by atoms with E-state index in [1.807, 2.05) is 24.3 Å². The molecule has 12 nitrogen and oxygen atoms in total. The maximum absolute atomic E-state index is 11.3. The molecule has 3 N–H and O–H groups in total.